The zero-order valence-electron chi connectivity index (χ0n) is 11.6. The average Bonchev–Trinajstić information content (AvgIpc) is 2.53. The Kier molecular flexibility index (Phi) is 4.44. The summed E-state index contributed by atoms with van der Waals surface area (Å²) in [5, 5.41) is 0. The number of nitrogens with zero attached hydrogens (tertiary/aromatic N) is 3. The third kappa shape index (κ3) is 3.14. The van der Waals surface area contributed by atoms with E-state index in [4.69, 9.17) is 18.0 Å². The maximum atomic E-state index is 11.5. The number of benzene rings is 1. The minimum Gasteiger partial charge on any atom is -0.464 e. The molecule has 1 aromatic carbocycles. The first kappa shape index (κ1) is 14.9. The summed E-state index contributed by atoms with van der Waals surface area (Å²) >= 11 is 5.05. The minimum absolute atomic E-state index is 0.134. The SMILES string of the molecule is COC(=O)c1cncc(N(C)c2ccccc2C(N)=S)n1. The van der Waals surface area contributed by atoms with E-state index in [1.165, 1.54) is 13.3 Å². The number of ether oxygens (including phenoxy) is 1. The molecule has 0 unspecified atom stereocenters. The largest absolute Gasteiger partial charge is 0.464 e. The summed E-state index contributed by atoms with van der Waals surface area (Å²) in [4.78, 5) is 21.8. The highest BCUT2D eigenvalue weighted by Crippen LogP contribution is 2.25. The Balaban J connectivity index is 2.43. The van der Waals surface area contributed by atoms with E-state index >= 15 is 0 Å². The van der Waals surface area contributed by atoms with Crippen LogP contribution in [0.5, 0.6) is 0 Å². The van der Waals surface area contributed by atoms with Gasteiger partial charge in [0.15, 0.2) is 11.5 Å². The van der Waals surface area contributed by atoms with Crippen LogP contribution in [-0.4, -0.2) is 35.1 Å². The summed E-state index contributed by atoms with van der Waals surface area (Å²) < 4.78 is 4.64. The lowest BCUT2D eigenvalue weighted by atomic mass is 10.1. The van der Waals surface area contributed by atoms with E-state index in [0.717, 1.165) is 11.3 Å². The van der Waals surface area contributed by atoms with Crippen molar-refractivity contribution < 1.29 is 9.53 Å². The quantitative estimate of drug-likeness (QED) is 0.679. The molecule has 0 aliphatic rings. The molecule has 0 amide bonds. The zero-order chi connectivity index (χ0) is 15.4. The van der Waals surface area contributed by atoms with Crippen LogP contribution in [0.15, 0.2) is 36.7 Å². The molecule has 0 fully saturated rings. The van der Waals surface area contributed by atoms with Gasteiger partial charge in [0.05, 0.1) is 25.2 Å². The third-order valence-electron chi connectivity index (χ3n) is 2.89. The van der Waals surface area contributed by atoms with Gasteiger partial charge in [0.25, 0.3) is 0 Å². The first-order valence-corrected chi connectivity index (χ1v) is 6.48. The lowest BCUT2D eigenvalue weighted by Crippen LogP contribution is -2.19. The summed E-state index contributed by atoms with van der Waals surface area (Å²) in [5.74, 6) is -0.0537. The molecule has 0 aliphatic heterocycles. The first-order valence-electron chi connectivity index (χ1n) is 6.07. The van der Waals surface area contributed by atoms with Gasteiger partial charge in [-0.1, -0.05) is 24.4 Å². The molecule has 1 heterocycles. The fourth-order valence-electron chi connectivity index (χ4n) is 1.82. The van der Waals surface area contributed by atoms with Gasteiger partial charge in [-0.25, -0.2) is 9.78 Å². The fourth-order valence-corrected chi connectivity index (χ4v) is 1.99. The number of anilines is 2. The van der Waals surface area contributed by atoms with Gasteiger partial charge in [0, 0.05) is 12.6 Å². The number of methoxy groups -OCH3 is 1. The number of aromatic nitrogens is 2. The van der Waals surface area contributed by atoms with E-state index < -0.39 is 5.97 Å². The summed E-state index contributed by atoms with van der Waals surface area (Å²) in [5.41, 5.74) is 7.36. The Morgan fingerprint density at radius 2 is 2.05 bits per heavy atom. The van der Waals surface area contributed by atoms with E-state index in [1.807, 2.05) is 24.3 Å². The number of carbonyl (C=O) groups is 1. The molecule has 0 aliphatic carbocycles. The van der Waals surface area contributed by atoms with Crippen molar-refractivity contribution >= 4 is 34.7 Å². The molecule has 0 saturated carbocycles. The summed E-state index contributed by atoms with van der Waals surface area (Å²) in [6, 6.07) is 7.40. The summed E-state index contributed by atoms with van der Waals surface area (Å²) in [6.45, 7) is 0. The molecule has 2 rings (SSSR count). The Hall–Kier alpha value is -2.54. The minimum atomic E-state index is -0.541. The fraction of sp³-hybridized carbons (Fsp3) is 0.143. The van der Waals surface area contributed by atoms with Crippen LogP contribution in [0.2, 0.25) is 0 Å². The van der Waals surface area contributed by atoms with Crippen molar-refractivity contribution in [2.24, 2.45) is 5.73 Å². The predicted molar refractivity (Wildman–Crippen MR) is 83.8 cm³/mol. The van der Waals surface area contributed by atoms with Crippen LogP contribution in [0.25, 0.3) is 0 Å². The van der Waals surface area contributed by atoms with Gasteiger partial charge in [-0.05, 0) is 12.1 Å². The van der Waals surface area contributed by atoms with Gasteiger partial charge in [0.1, 0.15) is 4.99 Å². The van der Waals surface area contributed by atoms with Gasteiger partial charge >= 0.3 is 5.97 Å². The smallest absolute Gasteiger partial charge is 0.358 e. The van der Waals surface area contributed by atoms with Crippen molar-refractivity contribution in [2.75, 3.05) is 19.1 Å². The van der Waals surface area contributed by atoms with Crippen LogP contribution in [-0.2, 0) is 4.74 Å². The maximum Gasteiger partial charge on any atom is 0.358 e. The molecule has 2 N–H and O–H groups in total. The second-order valence-corrected chi connectivity index (χ2v) is 4.63. The van der Waals surface area contributed by atoms with Gasteiger partial charge in [-0.15, -0.1) is 0 Å². The number of para-hydroxylation sites is 1. The number of thiocarbonyl (C=S) groups is 1. The van der Waals surface area contributed by atoms with Crippen LogP contribution < -0.4 is 10.6 Å². The van der Waals surface area contributed by atoms with E-state index in [1.54, 1.807) is 18.1 Å². The molecular formula is C14H14N4O2S. The van der Waals surface area contributed by atoms with E-state index in [9.17, 15) is 4.79 Å². The van der Waals surface area contributed by atoms with Crippen LogP contribution in [0.4, 0.5) is 11.5 Å². The second kappa shape index (κ2) is 6.27. The van der Waals surface area contributed by atoms with Crippen molar-refractivity contribution in [1.82, 2.24) is 9.97 Å². The maximum absolute atomic E-state index is 11.5. The monoisotopic (exact) mass is 302 g/mol. The van der Waals surface area contributed by atoms with E-state index in [2.05, 4.69) is 14.7 Å². The Labute approximate surface area is 127 Å². The molecule has 7 heteroatoms. The molecular weight excluding hydrogens is 288 g/mol. The molecule has 1 aromatic heterocycles. The van der Waals surface area contributed by atoms with Crippen LogP contribution in [0.3, 0.4) is 0 Å². The number of carbonyl (C=O) groups excluding carboxylic acids is 1. The summed E-state index contributed by atoms with van der Waals surface area (Å²) in [6.07, 6.45) is 2.89. The van der Waals surface area contributed by atoms with Crippen molar-refractivity contribution in [3.05, 3.63) is 47.9 Å². The third-order valence-corrected chi connectivity index (χ3v) is 3.11. The number of esters is 1. The van der Waals surface area contributed by atoms with Gasteiger partial charge in [0.2, 0.25) is 0 Å². The Morgan fingerprint density at radius 3 is 2.71 bits per heavy atom. The Morgan fingerprint density at radius 1 is 1.33 bits per heavy atom. The number of hydrogen-bond acceptors (Lipinski definition) is 6. The molecule has 0 bridgehead atoms. The average molecular weight is 302 g/mol. The van der Waals surface area contributed by atoms with Gasteiger partial charge in [-0.2, -0.15) is 0 Å². The van der Waals surface area contributed by atoms with Crippen molar-refractivity contribution in [2.45, 2.75) is 0 Å². The molecule has 21 heavy (non-hydrogen) atoms. The topological polar surface area (TPSA) is 81.3 Å². The molecule has 2 aromatic rings. The van der Waals surface area contributed by atoms with Gasteiger partial charge in [-0.3, -0.25) is 4.98 Å². The predicted octanol–water partition coefficient (Wildman–Crippen LogP) is 1.67. The lowest BCUT2D eigenvalue weighted by molar-refractivity contribution is 0.0593. The highest BCUT2D eigenvalue weighted by atomic mass is 32.1. The molecule has 0 atom stereocenters. The molecule has 0 radical (unpaired) electrons. The Bertz CT molecular complexity index is 690. The first-order chi connectivity index (χ1) is 10.0. The van der Waals surface area contributed by atoms with Crippen LogP contribution in [0.1, 0.15) is 16.1 Å². The molecule has 108 valence electrons. The molecule has 0 saturated heterocycles. The van der Waals surface area contributed by atoms with E-state index in [-0.39, 0.29) is 10.7 Å². The van der Waals surface area contributed by atoms with E-state index in [0.29, 0.717) is 5.82 Å². The van der Waals surface area contributed by atoms with Gasteiger partial charge < -0.3 is 15.4 Å². The molecule has 0 spiro atoms. The number of hydrogen-bond donors (Lipinski definition) is 1. The van der Waals surface area contributed by atoms with Crippen molar-refractivity contribution in [3.63, 3.8) is 0 Å². The standard InChI is InChI=1S/C14H14N4O2S/c1-18(11-6-4-3-5-9(11)13(15)21)12-8-16-7-10(17-12)14(19)20-2/h3-8H,1-2H3,(H2,15,21). The highest BCUT2D eigenvalue weighted by molar-refractivity contribution is 7.80. The number of nitrogens with two attached hydrogens (primary N) is 1. The zero-order valence-corrected chi connectivity index (χ0v) is 12.4. The van der Waals surface area contributed by atoms with Crippen LogP contribution >= 0.6 is 12.2 Å². The van der Waals surface area contributed by atoms with Crippen LogP contribution in [0, 0.1) is 0 Å². The second-order valence-electron chi connectivity index (χ2n) is 4.19. The summed E-state index contributed by atoms with van der Waals surface area (Å²) in [7, 11) is 3.09. The van der Waals surface area contributed by atoms with Crippen molar-refractivity contribution in [3.8, 4) is 0 Å². The lowest BCUT2D eigenvalue weighted by Gasteiger charge is -2.21. The highest BCUT2D eigenvalue weighted by Gasteiger charge is 2.14. The normalized spacial score (nSPS) is 10.0. The number of rotatable bonds is 4. The molecule has 6 nitrogen and oxygen atoms in total. The van der Waals surface area contributed by atoms with Crippen molar-refractivity contribution in [1.29, 1.82) is 0 Å².